The number of nitrogens with one attached hydrogen (secondary N) is 2. The van der Waals surface area contributed by atoms with Crippen LogP contribution in [-0.2, 0) is 9.59 Å². The van der Waals surface area contributed by atoms with Crippen molar-refractivity contribution >= 4 is 17.9 Å². The van der Waals surface area contributed by atoms with Crippen molar-refractivity contribution in [2.24, 2.45) is 0 Å². The van der Waals surface area contributed by atoms with E-state index in [-0.39, 0.29) is 18.9 Å². The average molecular weight is 286 g/mol. The molecular weight excluding hydrogens is 264 g/mol. The van der Waals surface area contributed by atoms with Gasteiger partial charge in [-0.05, 0) is 6.92 Å². The summed E-state index contributed by atoms with van der Waals surface area (Å²) in [5.74, 6) is -1.12. The molecule has 0 aromatic heterocycles. The van der Waals surface area contributed by atoms with Crippen LogP contribution >= 0.6 is 0 Å². The van der Waals surface area contributed by atoms with E-state index in [1.807, 2.05) is 4.90 Å². The third-order valence-electron chi connectivity index (χ3n) is 3.06. The van der Waals surface area contributed by atoms with Crippen LogP contribution in [0.1, 0.15) is 13.3 Å². The van der Waals surface area contributed by atoms with Crippen LogP contribution in [0.15, 0.2) is 0 Å². The summed E-state index contributed by atoms with van der Waals surface area (Å²) in [7, 11) is 0. The number of aliphatic carboxylic acids is 1. The number of piperazine rings is 1. The minimum Gasteiger partial charge on any atom is -0.481 e. The summed E-state index contributed by atoms with van der Waals surface area (Å²) >= 11 is 0. The van der Waals surface area contributed by atoms with E-state index in [1.54, 1.807) is 6.92 Å². The van der Waals surface area contributed by atoms with Gasteiger partial charge in [-0.3, -0.25) is 19.8 Å². The van der Waals surface area contributed by atoms with Gasteiger partial charge in [-0.1, -0.05) is 0 Å². The van der Waals surface area contributed by atoms with Crippen molar-refractivity contribution in [3.05, 3.63) is 0 Å². The van der Waals surface area contributed by atoms with E-state index in [0.717, 1.165) is 13.1 Å². The molecule has 0 unspecified atom stereocenters. The number of hydrogen-bond donors (Lipinski definition) is 3. The fraction of sp³-hybridized carbons (Fsp3) is 0.750. The lowest BCUT2D eigenvalue weighted by Crippen LogP contribution is -2.51. The SMILES string of the molecule is CCNC(=O)NC(=O)CN1CCN(CCC(=O)O)CC1. The Kier molecular flexibility index (Phi) is 6.96. The molecule has 1 fully saturated rings. The normalized spacial score (nSPS) is 16.6. The van der Waals surface area contributed by atoms with Crippen LogP contribution in [-0.4, -0.2) is 78.6 Å². The van der Waals surface area contributed by atoms with Crippen molar-refractivity contribution in [3.8, 4) is 0 Å². The van der Waals surface area contributed by atoms with E-state index in [2.05, 4.69) is 15.5 Å². The second-order valence-corrected chi connectivity index (χ2v) is 4.67. The van der Waals surface area contributed by atoms with Crippen molar-refractivity contribution in [2.45, 2.75) is 13.3 Å². The minimum atomic E-state index is -0.797. The second kappa shape index (κ2) is 8.49. The summed E-state index contributed by atoms with van der Waals surface area (Å²) in [6.07, 6.45) is 0.137. The van der Waals surface area contributed by atoms with E-state index >= 15 is 0 Å². The Balaban J connectivity index is 2.20. The van der Waals surface area contributed by atoms with Gasteiger partial charge in [0.15, 0.2) is 0 Å². The molecule has 1 aliphatic rings. The van der Waals surface area contributed by atoms with E-state index in [4.69, 9.17) is 5.11 Å². The Morgan fingerprint density at radius 3 is 2.25 bits per heavy atom. The molecule has 0 aliphatic carbocycles. The Morgan fingerprint density at radius 1 is 1.10 bits per heavy atom. The topological polar surface area (TPSA) is 102 Å². The van der Waals surface area contributed by atoms with E-state index in [0.29, 0.717) is 26.2 Å². The number of carbonyl (C=O) groups is 3. The van der Waals surface area contributed by atoms with E-state index < -0.39 is 12.0 Å². The first-order valence-electron chi connectivity index (χ1n) is 6.75. The Labute approximate surface area is 118 Å². The molecule has 0 aromatic rings. The summed E-state index contributed by atoms with van der Waals surface area (Å²) in [5, 5.41) is 13.4. The smallest absolute Gasteiger partial charge is 0.321 e. The van der Waals surface area contributed by atoms with Gasteiger partial charge in [-0.2, -0.15) is 0 Å². The van der Waals surface area contributed by atoms with E-state index in [9.17, 15) is 14.4 Å². The average Bonchev–Trinajstić information content (AvgIpc) is 2.37. The molecule has 0 radical (unpaired) electrons. The Morgan fingerprint density at radius 2 is 1.70 bits per heavy atom. The fourth-order valence-electron chi connectivity index (χ4n) is 2.00. The molecule has 0 atom stereocenters. The van der Waals surface area contributed by atoms with Gasteiger partial charge in [-0.25, -0.2) is 4.79 Å². The van der Waals surface area contributed by atoms with Gasteiger partial charge in [0.25, 0.3) is 0 Å². The van der Waals surface area contributed by atoms with Crippen molar-refractivity contribution < 1.29 is 19.5 Å². The van der Waals surface area contributed by atoms with Gasteiger partial charge in [0.1, 0.15) is 0 Å². The van der Waals surface area contributed by atoms with Gasteiger partial charge >= 0.3 is 12.0 Å². The maximum Gasteiger partial charge on any atom is 0.321 e. The van der Waals surface area contributed by atoms with Gasteiger partial charge in [0.2, 0.25) is 5.91 Å². The number of amides is 3. The molecule has 0 bridgehead atoms. The van der Waals surface area contributed by atoms with Crippen molar-refractivity contribution in [3.63, 3.8) is 0 Å². The molecule has 1 aliphatic heterocycles. The zero-order valence-electron chi connectivity index (χ0n) is 11.7. The lowest BCUT2D eigenvalue weighted by atomic mass is 10.3. The minimum absolute atomic E-state index is 0.137. The molecule has 0 spiro atoms. The first kappa shape index (κ1) is 16.4. The number of nitrogens with zero attached hydrogens (tertiary/aromatic N) is 2. The molecule has 8 nitrogen and oxygen atoms in total. The maximum atomic E-state index is 11.6. The zero-order valence-corrected chi connectivity index (χ0v) is 11.7. The van der Waals surface area contributed by atoms with Gasteiger partial charge < -0.3 is 15.3 Å². The van der Waals surface area contributed by atoms with Crippen molar-refractivity contribution in [1.29, 1.82) is 0 Å². The van der Waals surface area contributed by atoms with Gasteiger partial charge in [0.05, 0.1) is 13.0 Å². The van der Waals surface area contributed by atoms with Crippen molar-refractivity contribution in [2.75, 3.05) is 45.8 Å². The zero-order chi connectivity index (χ0) is 15.0. The number of carbonyl (C=O) groups excluding carboxylic acids is 2. The largest absolute Gasteiger partial charge is 0.481 e. The number of carboxylic acid groups (broad SMARTS) is 1. The summed E-state index contributed by atoms with van der Waals surface area (Å²) in [4.78, 5) is 37.3. The van der Waals surface area contributed by atoms with Crippen LogP contribution in [0.2, 0.25) is 0 Å². The molecular formula is C12H22N4O4. The molecule has 114 valence electrons. The number of imide groups is 1. The molecule has 20 heavy (non-hydrogen) atoms. The fourth-order valence-corrected chi connectivity index (χ4v) is 2.00. The number of carboxylic acids is 1. The highest BCUT2D eigenvalue weighted by molar-refractivity contribution is 5.95. The summed E-state index contributed by atoms with van der Waals surface area (Å²) in [6, 6.07) is -0.474. The predicted octanol–water partition coefficient (Wildman–Crippen LogP) is -1.08. The number of hydrogen-bond acceptors (Lipinski definition) is 5. The van der Waals surface area contributed by atoms with E-state index in [1.165, 1.54) is 0 Å². The lowest BCUT2D eigenvalue weighted by molar-refractivity contribution is -0.137. The standard InChI is InChI=1S/C12H22N4O4/c1-2-13-12(20)14-10(17)9-16-7-5-15(6-8-16)4-3-11(18)19/h2-9H2,1H3,(H,18,19)(H2,13,14,17,20). The third-order valence-corrected chi connectivity index (χ3v) is 3.06. The summed E-state index contributed by atoms with van der Waals surface area (Å²) in [6.45, 7) is 5.84. The van der Waals surface area contributed by atoms with Crippen LogP contribution in [0.3, 0.4) is 0 Å². The molecule has 0 saturated carbocycles. The molecule has 1 rings (SSSR count). The Bertz CT molecular complexity index is 353. The second-order valence-electron chi connectivity index (χ2n) is 4.67. The number of urea groups is 1. The Hall–Kier alpha value is -1.67. The van der Waals surface area contributed by atoms with Crippen LogP contribution in [0.4, 0.5) is 4.79 Å². The summed E-state index contributed by atoms with van der Waals surface area (Å²) < 4.78 is 0. The van der Waals surface area contributed by atoms with Gasteiger partial charge in [0, 0.05) is 39.3 Å². The highest BCUT2D eigenvalue weighted by atomic mass is 16.4. The molecule has 3 N–H and O–H groups in total. The van der Waals surface area contributed by atoms with Crippen LogP contribution < -0.4 is 10.6 Å². The first-order valence-corrected chi connectivity index (χ1v) is 6.75. The van der Waals surface area contributed by atoms with Crippen LogP contribution in [0.5, 0.6) is 0 Å². The quantitative estimate of drug-likeness (QED) is 0.574. The predicted molar refractivity (Wildman–Crippen MR) is 72.3 cm³/mol. The monoisotopic (exact) mass is 286 g/mol. The highest BCUT2D eigenvalue weighted by Crippen LogP contribution is 2.02. The lowest BCUT2D eigenvalue weighted by Gasteiger charge is -2.33. The molecule has 1 heterocycles. The highest BCUT2D eigenvalue weighted by Gasteiger charge is 2.19. The van der Waals surface area contributed by atoms with Crippen LogP contribution in [0.25, 0.3) is 0 Å². The van der Waals surface area contributed by atoms with Gasteiger partial charge in [-0.15, -0.1) is 0 Å². The molecule has 3 amide bonds. The molecule has 0 aromatic carbocycles. The molecule has 8 heteroatoms. The molecule has 1 saturated heterocycles. The third kappa shape index (κ3) is 6.48. The number of rotatable bonds is 6. The first-order chi connectivity index (χ1) is 9.51. The maximum absolute atomic E-state index is 11.6. The van der Waals surface area contributed by atoms with Crippen LogP contribution in [0, 0.1) is 0 Å². The van der Waals surface area contributed by atoms with Crippen molar-refractivity contribution in [1.82, 2.24) is 20.4 Å². The summed E-state index contributed by atoms with van der Waals surface area (Å²) in [5.41, 5.74) is 0.